The number of ether oxygens (including phenoxy) is 2. The highest BCUT2D eigenvalue weighted by molar-refractivity contribution is 6.00. The predicted molar refractivity (Wildman–Crippen MR) is 92.9 cm³/mol. The molecule has 6 heteroatoms. The number of phenolic OH excluding ortho intramolecular Hbond substituents is 2. The van der Waals surface area contributed by atoms with E-state index in [4.69, 9.17) is 9.47 Å². The van der Waals surface area contributed by atoms with Crippen molar-refractivity contribution < 1.29 is 29.6 Å². The summed E-state index contributed by atoms with van der Waals surface area (Å²) in [5.41, 5.74) is 0.935. The number of benzene rings is 2. The number of rotatable bonds is 1. The number of carbonyl (C=O) groups excluding carboxylic acids is 1. The van der Waals surface area contributed by atoms with E-state index >= 15 is 0 Å². The summed E-state index contributed by atoms with van der Waals surface area (Å²) in [6.07, 6.45) is -0.830. The van der Waals surface area contributed by atoms with E-state index in [2.05, 4.69) is 0 Å². The number of phenols is 2. The standard InChI is InChI=1S/C20H20O6/c1-20(2)18(24)7-11-5-10(6-15(23)19(11)26-20)16-9-14(22)13-4-3-12(21)8-17(13)25-16/h3-6,8,16,18,21,23-24H,7,9H2,1-2H3/t16-,18?/m0/s1. The summed E-state index contributed by atoms with van der Waals surface area (Å²) < 4.78 is 11.6. The number of aromatic hydroxyl groups is 2. The molecule has 4 rings (SSSR count). The number of ketones is 1. The first-order chi connectivity index (χ1) is 12.2. The van der Waals surface area contributed by atoms with E-state index in [9.17, 15) is 20.1 Å². The van der Waals surface area contributed by atoms with Gasteiger partial charge in [-0.25, -0.2) is 0 Å². The first kappa shape index (κ1) is 16.7. The number of aliphatic hydroxyl groups excluding tert-OH is 1. The van der Waals surface area contributed by atoms with E-state index in [1.54, 1.807) is 26.0 Å². The van der Waals surface area contributed by atoms with Crippen molar-refractivity contribution in [2.24, 2.45) is 0 Å². The highest BCUT2D eigenvalue weighted by Gasteiger charge is 2.38. The Morgan fingerprint density at radius 3 is 2.65 bits per heavy atom. The van der Waals surface area contributed by atoms with Gasteiger partial charge < -0.3 is 24.8 Å². The Bertz CT molecular complexity index is 901. The summed E-state index contributed by atoms with van der Waals surface area (Å²) in [6, 6.07) is 7.72. The molecule has 0 saturated heterocycles. The molecule has 2 heterocycles. The molecule has 3 N–H and O–H groups in total. The van der Waals surface area contributed by atoms with Crippen LogP contribution in [0.2, 0.25) is 0 Å². The van der Waals surface area contributed by atoms with Crippen LogP contribution in [-0.2, 0) is 6.42 Å². The zero-order chi connectivity index (χ0) is 18.6. The largest absolute Gasteiger partial charge is 0.508 e. The maximum absolute atomic E-state index is 12.4. The molecule has 2 aliphatic heterocycles. The van der Waals surface area contributed by atoms with Crippen molar-refractivity contribution >= 4 is 5.78 Å². The second kappa shape index (κ2) is 5.64. The van der Waals surface area contributed by atoms with E-state index in [0.29, 0.717) is 34.6 Å². The van der Waals surface area contributed by atoms with E-state index in [0.717, 1.165) is 0 Å². The van der Waals surface area contributed by atoms with E-state index < -0.39 is 17.8 Å². The molecule has 136 valence electrons. The van der Waals surface area contributed by atoms with Crippen LogP contribution in [0.25, 0.3) is 0 Å². The van der Waals surface area contributed by atoms with Crippen LogP contribution in [0.3, 0.4) is 0 Å². The van der Waals surface area contributed by atoms with E-state index in [1.807, 2.05) is 0 Å². The average Bonchev–Trinajstić information content (AvgIpc) is 2.56. The lowest BCUT2D eigenvalue weighted by Crippen LogP contribution is -2.46. The zero-order valence-corrected chi connectivity index (χ0v) is 14.5. The molecular weight excluding hydrogens is 336 g/mol. The number of carbonyl (C=O) groups is 1. The minimum atomic E-state index is -0.792. The number of Topliss-reactive ketones (excluding diaryl/α,β-unsaturated/α-hetero) is 1. The van der Waals surface area contributed by atoms with Gasteiger partial charge in [0.1, 0.15) is 23.2 Å². The first-order valence-corrected chi connectivity index (χ1v) is 8.50. The van der Waals surface area contributed by atoms with Gasteiger partial charge in [0, 0.05) is 18.1 Å². The van der Waals surface area contributed by atoms with Crippen molar-refractivity contribution in [3.63, 3.8) is 0 Å². The van der Waals surface area contributed by atoms with Crippen molar-refractivity contribution in [1.29, 1.82) is 0 Å². The van der Waals surface area contributed by atoms with Gasteiger partial charge in [0.25, 0.3) is 0 Å². The Hall–Kier alpha value is -2.73. The van der Waals surface area contributed by atoms with Gasteiger partial charge in [-0.05, 0) is 43.7 Å². The normalized spacial score (nSPS) is 23.4. The molecule has 0 fully saturated rings. The summed E-state index contributed by atoms with van der Waals surface area (Å²) in [7, 11) is 0. The minimum absolute atomic E-state index is 0.0178. The van der Waals surface area contributed by atoms with Crippen LogP contribution in [0.4, 0.5) is 0 Å². The molecule has 2 aromatic carbocycles. The highest BCUT2D eigenvalue weighted by atomic mass is 16.5. The molecule has 0 bridgehead atoms. The van der Waals surface area contributed by atoms with Gasteiger partial charge >= 0.3 is 0 Å². The van der Waals surface area contributed by atoms with Crippen LogP contribution >= 0.6 is 0 Å². The Labute approximate surface area is 150 Å². The molecule has 0 saturated carbocycles. The Kier molecular flexibility index (Phi) is 3.63. The quantitative estimate of drug-likeness (QED) is 0.727. The smallest absolute Gasteiger partial charge is 0.170 e. The van der Waals surface area contributed by atoms with E-state index in [1.165, 1.54) is 18.2 Å². The second-order valence-electron chi connectivity index (χ2n) is 7.37. The minimum Gasteiger partial charge on any atom is -0.508 e. The molecule has 0 amide bonds. The van der Waals surface area contributed by atoms with Crippen molar-refractivity contribution in [3.8, 4) is 23.0 Å². The molecule has 2 aromatic rings. The number of hydrogen-bond acceptors (Lipinski definition) is 6. The monoisotopic (exact) mass is 356 g/mol. The molecule has 0 aliphatic carbocycles. The summed E-state index contributed by atoms with van der Waals surface area (Å²) in [6.45, 7) is 3.53. The first-order valence-electron chi connectivity index (χ1n) is 8.50. The second-order valence-corrected chi connectivity index (χ2v) is 7.37. The van der Waals surface area contributed by atoms with Gasteiger partial charge in [-0.3, -0.25) is 4.79 Å². The molecule has 2 atom stereocenters. The van der Waals surface area contributed by atoms with Gasteiger partial charge in [-0.2, -0.15) is 0 Å². The van der Waals surface area contributed by atoms with Crippen molar-refractivity contribution in [3.05, 3.63) is 47.0 Å². The lowest BCUT2D eigenvalue weighted by atomic mass is 9.88. The van der Waals surface area contributed by atoms with Crippen molar-refractivity contribution in [1.82, 2.24) is 0 Å². The molecule has 0 aromatic heterocycles. The number of hydrogen-bond donors (Lipinski definition) is 3. The molecule has 6 nitrogen and oxygen atoms in total. The van der Waals surface area contributed by atoms with Crippen LogP contribution in [0.5, 0.6) is 23.0 Å². The molecule has 1 unspecified atom stereocenters. The molecule has 26 heavy (non-hydrogen) atoms. The third-order valence-corrected chi connectivity index (χ3v) is 5.03. The topological polar surface area (TPSA) is 96.2 Å². The van der Waals surface area contributed by atoms with Gasteiger partial charge in [-0.1, -0.05) is 0 Å². The summed E-state index contributed by atoms with van der Waals surface area (Å²) in [5, 5.41) is 30.3. The fourth-order valence-corrected chi connectivity index (χ4v) is 3.43. The average molecular weight is 356 g/mol. The fourth-order valence-electron chi connectivity index (χ4n) is 3.43. The fraction of sp³-hybridized carbons (Fsp3) is 0.350. The Morgan fingerprint density at radius 2 is 1.88 bits per heavy atom. The zero-order valence-electron chi connectivity index (χ0n) is 14.5. The predicted octanol–water partition coefficient (Wildman–Crippen LogP) is 2.88. The van der Waals surface area contributed by atoms with Gasteiger partial charge in [0.15, 0.2) is 17.3 Å². The third-order valence-electron chi connectivity index (χ3n) is 5.03. The molecule has 0 spiro atoms. The van der Waals surface area contributed by atoms with Crippen molar-refractivity contribution in [2.75, 3.05) is 0 Å². The highest BCUT2D eigenvalue weighted by Crippen LogP contribution is 2.44. The van der Waals surface area contributed by atoms with Crippen LogP contribution in [0.15, 0.2) is 30.3 Å². The Morgan fingerprint density at radius 1 is 1.12 bits per heavy atom. The maximum atomic E-state index is 12.4. The van der Waals surface area contributed by atoms with Crippen molar-refractivity contribution in [2.45, 2.75) is 44.5 Å². The molecule has 2 aliphatic rings. The van der Waals surface area contributed by atoms with Gasteiger partial charge in [-0.15, -0.1) is 0 Å². The van der Waals surface area contributed by atoms with Crippen LogP contribution < -0.4 is 9.47 Å². The summed E-state index contributed by atoms with van der Waals surface area (Å²) in [4.78, 5) is 12.4. The Balaban J connectivity index is 1.71. The molecular formula is C20H20O6. The maximum Gasteiger partial charge on any atom is 0.170 e. The third kappa shape index (κ3) is 2.66. The number of fused-ring (bicyclic) bond motifs is 2. The molecule has 0 radical (unpaired) electrons. The van der Waals surface area contributed by atoms with E-state index in [-0.39, 0.29) is 23.7 Å². The lowest BCUT2D eigenvalue weighted by molar-refractivity contribution is -0.0426. The van der Waals surface area contributed by atoms with Crippen LogP contribution in [0.1, 0.15) is 47.9 Å². The summed E-state index contributed by atoms with van der Waals surface area (Å²) in [5.74, 6) is 0.551. The van der Waals surface area contributed by atoms with Gasteiger partial charge in [0.2, 0.25) is 0 Å². The number of aliphatic hydroxyl groups is 1. The van der Waals surface area contributed by atoms with Gasteiger partial charge in [0.05, 0.1) is 18.1 Å². The van der Waals surface area contributed by atoms with Crippen LogP contribution in [0, 0.1) is 0 Å². The lowest BCUT2D eigenvalue weighted by Gasteiger charge is -2.37. The SMILES string of the molecule is CC1(C)Oc2c(O)cc([C@@H]3CC(=O)c4ccc(O)cc4O3)cc2CC1O. The summed E-state index contributed by atoms with van der Waals surface area (Å²) >= 11 is 0. The van der Waals surface area contributed by atoms with Crippen LogP contribution in [-0.4, -0.2) is 32.8 Å².